The van der Waals surface area contributed by atoms with Gasteiger partial charge in [0.25, 0.3) is 5.91 Å². The monoisotopic (exact) mass is 168 g/mol. The Bertz CT molecular complexity index is 241. The van der Waals surface area contributed by atoms with Crippen molar-refractivity contribution in [2.45, 2.75) is 27.7 Å². The highest BCUT2D eigenvalue weighted by Crippen LogP contribution is 2.30. The molecule has 0 saturated heterocycles. The summed E-state index contributed by atoms with van der Waals surface area (Å²) in [6.45, 7) is 7.98. The third-order valence-electron chi connectivity index (χ3n) is 2.27. The van der Waals surface area contributed by atoms with E-state index in [1.807, 2.05) is 13.8 Å². The Morgan fingerprint density at radius 3 is 2.08 bits per heavy atom. The SMILES string of the molecule is CC(C)C1=NN(C)C(=O)C1(C)C. The molecule has 0 aromatic rings. The van der Waals surface area contributed by atoms with Crippen molar-refractivity contribution in [1.82, 2.24) is 5.01 Å². The van der Waals surface area contributed by atoms with Crippen LogP contribution < -0.4 is 0 Å². The Labute approximate surface area is 73.4 Å². The molecule has 1 heterocycles. The molecule has 12 heavy (non-hydrogen) atoms. The number of carbonyl (C=O) groups is 1. The van der Waals surface area contributed by atoms with Crippen LogP contribution in [-0.2, 0) is 4.79 Å². The molecule has 0 aliphatic carbocycles. The molecule has 0 radical (unpaired) electrons. The van der Waals surface area contributed by atoms with Gasteiger partial charge < -0.3 is 0 Å². The van der Waals surface area contributed by atoms with Crippen LogP contribution >= 0.6 is 0 Å². The fraction of sp³-hybridized carbons (Fsp3) is 0.778. The van der Waals surface area contributed by atoms with Crippen LogP contribution in [0.4, 0.5) is 0 Å². The normalized spacial score (nSPS) is 22.0. The summed E-state index contributed by atoms with van der Waals surface area (Å²) in [4.78, 5) is 11.6. The van der Waals surface area contributed by atoms with Gasteiger partial charge in [0.2, 0.25) is 0 Å². The summed E-state index contributed by atoms with van der Waals surface area (Å²) in [7, 11) is 1.71. The minimum Gasteiger partial charge on any atom is -0.272 e. The Kier molecular flexibility index (Phi) is 1.98. The predicted octanol–water partition coefficient (Wildman–Crippen LogP) is 1.50. The van der Waals surface area contributed by atoms with Gasteiger partial charge in [0.15, 0.2) is 0 Å². The molecule has 0 aromatic heterocycles. The van der Waals surface area contributed by atoms with E-state index in [0.717, 1.165) is 5.71 Å². The lowest BCUT2D eigenvalue weighted by Gasteiger charge is -2.19. The first kappa shape index (κ1) is 9.23. The summed E-state index contributed by atoms with van der Waals surface area (Å²) < 4.78 is 0. The fourth-order valence-electron chi connectivity index (χ4n) is 1.68. The van der Waals surface area contributed by atoms with Crippen LogP contribution in [0, 0.1) is 11.3 Å². The molecule has 0 fully saturated rings. The number of hydrogen-bond donors (Lipinski definition) is 0. The summed E-state index contributed by atoms with van der Waals surface area (Å²) in [5.41, 5.74) is 0.582. The molecule has 0 atom stereocenters. The topological polar surface area (TPSA) is 32.7 Å². The summed E-state index contributed by atoms with van der Waals surface area (Å²) in [5, 5.41) is 5.66. The van der Waals surface area contributed by atoms with E-state index in [1.54, 1.807) is 7.05 Å². The van der Waals surface area contributed by atoms with Gasteiger partial charge in [0, 0.05) is 7.05 Å². The lowest BCUT2D eigenvalue weighted by Crippen LogP contribution is -2.34. The highest BCUT2D eigenvalue weighted by molar-refractivity contribution is 6.12. The number of carbonyl (C=O) groups excluding carboxylic acids is 1. The first-order valence-electron chi connectivity index (χ1n) is 4.24. The maximum atomic E-state index is 11.6. The van der Waals surface area contributed by atoms with Gasteiger partial charge in [-0.3, -0.25) is 4.79 Å². The van der Waals surface area contributed by atoms with E-state index in [4.69, 9.17) is 0 Å². The molecular formula is C9H16N2O. The second kappa shape index (κ2) is 2.57. The van der Waals surface area contributed by atoms with Gasteiger partial charge in [0.1, 0.15) is 0 Å². The molecule has 3 heteroatoms. The molecule has 0 bridgehead atoms. The van der Waals surface area contributed by atoms with Gasteiger partial charge in [-0.05, 0) is 19.8 Å². The molecule has 0 saturated carbocycles. The van der Waals surface area contributed by atoms with Crippen LogP contribution in [0.15, 0.2) is 5.10 Å². The lowest BCUT2D eigenvalue weighted by atomic mass is 9.82. The van der Waals surface area contributed by atoms with Crippen molar-refractivity contribution in [2.24, 2.45) is 16.4 Å². The van der Waals surface area contributed by atoms with Gasteiger partial charge in [0.05, 0.1) is 11.1 Å². The van der Waals surface area contributed by atoms with Crippen molar-refractivity contribution in [3.8, 4) is 0 Å². The first-order chi connectivity index (χ1) is 5.37. The molecule has 68 valence electrons. The second-order valence-electron chi connectivity index (χ2n) is 4.09. The van der Waals surface area contributed by atoms with E-state index >= 15 is 0 Å². The van der Waals surface area contributed by atoms with Gasteiger partial charge >= 0.3 is 0 Å². The largest absolute Gasteiger partial charge is 0.272 e. The van der Waals surface area contributed by atoms with E-state index < -0.39 is 5.41 Å². The summed E-state index contributed by atoms with van der Waals surface area (Å²) in [6.07, 6.45) is 0. The molecule has 1 aliphatic heterocycles. The summed E-state index contributed by atoms with van der Waals surface area (Å²) in [6, 6.07) is 0. The first-order valence-corrected chi connectivity index (χ1v) is 4.24. The minimum absolute atomic E-state index is 0.0891. The number of hydrogen-bond acceptors (Lipinski definition) is 2. The van der Waals surface area contributed by atoms with Crippen molar-refractivity contribution >= 4 is 11.6 Å². The zero-order valence-corrected chi connectivity index (χ0v) is 8.38. The smallest absolute Gasteiger partial charge is 0.253 e. The minimum atomic E-state index is -0.400. The van der Waals surface area contributed by atoms with Crippen molar-refractivity contribution in [1.29, 1.82) is 0 Å². The van der Waals surface area contributed by atoms with Gasteiger partial charge in [-0.15, -0.1) is 0 Å². The lowest BCUT2D eigenvalue weighted by molar-refractivity contribution is -0.133. The molecule has 1 rings (SSSR count). The average Bonchev–Trinajstić information content (AvgIpc) is 2.13. The molecule has 1 aliphatic rings. The molecule has 0 unspecified atom stereocenters. The zero-order valence-electron chi connectivity index (χ0n) is 8.38. The Morgan fingerprint density at radius 2 is 1.92 bits per heavy atom. The van der Waals surface area contributed by atoms with Crippen LogP contribution in [0.3, 0.4) is 0 Å². The molecule has 1 amide bonds. The van der Waals surface area contributed by atoms with Crippen molar-refractivity contribution < 1.29 is 4.79 Å². The van der Waals surface area contributed by atoms with Crippen molar-refractivity contribution in [2.75, 3.05) is 7.05 Å². The van der Waals surface area contributed by atoms with Crippen LogP contribution in [0.2, 0.25) is 0 Å². The quantitative estimate of drug-likeness (QED) is 0.584. The van der Waals surface area contributed by atoms with Gasteiger partial charge in [-0.25, -0.2) is 5.01 Å². The van der Waals surface area contributed by atoms with E-state index in [0.29, 0.717) is 5.92 Å². The number of nitrogens with zero attached hydrogens (tertiary/aromatic N) is 2. The molecular weight excluding hydrogens is 152 g/mol. The number of amides is 1. The number of rotatable bonds is 1. The maximum absolute atomic E-state index is 11.6. The molecule has 0 N–H and O–H groups in total. The molecule has 0 aromatic carbocycles. The van der Waals surface area contributed by atoms with Crippen LogP contribution in [0.1, 0.15) is 27.7 Å². The second-order valence-corrected chi connectivity index (χ2v) is 4.09. The predicted molar refractivity (Wildman–Crippen MR) is 48.8 cm³/mol. The Hall–Kier alpha value is -0.860. The zero-order chi connectivity index (χ0) is 9.52. The third-order valence-corrected chi connectivity index (χ3v) is 2.27. The fourth-order valence-corrected chi connectivity index (χ4v) is 1.68. The highest BCUT2D eigenvalue weighted by Gasteiger charge is 2.42. The Balaban J connectivity index is 3.03. The van der Waals surface area contributed by atoms with E-state index in [-0.39, 0.29) is 5.91 Å². The van der Waals surface area contributed by atoms with E-state index in [1.165, 1.54) is 5.01 Å². The third kappa shape index (κ3) is 1.13. The van der Waals surface area contributed by atoms with Gasteiger partial charge in [-0.2, -0.15) is 5.10 Å². The highest BCUT2D eigenvalue weighted by atomic mass is 16.2. The number of hydrazone groups is 1. The maximum Gasteiger partial charge on any atom is 0.253 e. The van der Waals surface area contributed by atoms with Crippen LogP contribution in [0.25, 0.3) is 0 Å². The molecule has 0 spiro atoms. The standard InChI is InChI=1S/C9H16N2O/c1-6(2)7-9(3,4)8(12)11(5)10-7/h6H,1-5H3. The van der Waals surface area contributed by atoms with Gasteiger partial charge in [-0.1, -0.05) is 13.8 Å². The Morgan fingerprint density at radius 1 is 1.42 bits per heavy atom. The van der Waals surface area contributed by atoms with E-state index in [2.05, 4.69) is 18.9 Å². The average molecular weight is 168 g/mol. The summed E-state index contributed by atoms with van der Waals surface area (Å²) in [5.74, 6) is 0.431. The van der Waals surface area contributed by atoms with Crippen molar-refractivity contribution in [3.05, 3.63) is 0 Å². The van der Waals surface area contributed by atoms with Crippen LogP contribution in [0.5, 0.6) is 0 Å². The summed E-state index contributed by atoms with van der Waals surface area (Å²) >= 11 is 0. The van der Waals surface area contributed by atoms with E-state index in [9.17, 15) is 4.79 Å². The van der Waals surface area contributed by atoms with Crippen molar-refractivity contribution in [3.63, 3.8) is 0 Å². The molecule has 3 nitrogen and oxygen atoms in total. The van der Waals surface area contributed by atoms with Crippen LogP contribution in [-0.4, -0.2) is 23.7 Å².